The predicted octanol–water partition coefficient (Wildman–Crippen LogP) is 4.80. The van der Waals surface area contributed by atoms with Gasteiger partial charge in [0, 0.05) is 28.5 Å². The molecule has 0 bridgehead atoms. The first kappa shape index (κ1) is 24.1. The molecule has 2 fully saturated rings. The molecule has 2 N–H and O–H groups in total. The number of hydrogen-bond donors (Lipinski definition) is 2. The molecule has 4 aliphatic rings. The number of nitrogens with one attached hydrogen (secondary N) is 2. The molecule has 0 radical (unpaired) electrons. The average Bonchev–Trinajstić information content (AvgIpc) is 3.64. The Labute approximate surface area is 227 Å². The van der Waals surface area contributed by atoms with E-state index in [1.165, 1.54) is 0 Å². The monoisotopic (exact) mass is 521 g/mol. The van der Waals surface area contributed by atoms with Crippen molar-refractivity contribution in [1.29, 1.82) is 0 Å². The summed E-state index contributed by atoms with van der Waals surface area (Å²) in [6.07, 6.45) is 1.57. The number of fused-ring (bicyclic) bond motifs is 7. The van der Waals surface area contributed by atoms with Gasteiger partial charge in [-0.1, -0.05) is 36.4 Å². The highest BCUT2D eigenvalue weighted by molar-refractivity contribution is 6.19. The molecule has 0 aliphatic carbocycles. The lowest BCUT2D eigenvalue weighted by atomic mass is 9.60. The van der Waals surface area contributed by atoms with Gasteiger partial charge in [-0.2, -0.15) is 0 Å². The Hall–Kier alpha value is -3.97. The fourth-order valence-electron chi connectivity index (χ4n) is 7.86. The number of amides is 2. The Morgan fingerprint density at radius 3 is 2.46 bits per heavy atom. The molecule has 4 aliphatic heterocycles. The van der Waals surface area contributed by atoms with Gasteiger partial charge in [-0.05, 0) is 81.6 Å². The van der Waals surface area contributed by atoms with E-state index in [4.69, 9.17) is 4.74 Å². The second-order valence-electron chi connectivity index (χ2n) is 11.4. The number of para-hydroxylation sites is 2. The molecule has 2 saturated heterocycles. The molecule has 4 heterocycles. The summed E-state index contributed by atoms with van der Waals surface area (Å²) in [5.74, 6) is -0.937. The van der Waals surface area contributed by atoms with Crippen molar-refractivity contribution < 1.29 is 19.1 Å². The zero-order valence-electron chi connectivity index (χ0n) is 22.3. The predicted molar refractivity (Wildman–Crippen MR) is 148 cm³/mol. The minimum Gasteiger partial charge on any atom is -0.491 e. The molecular formula is C32H31N3O4. The third-order valence-corrected chi connectivity index (χ3v) is 9.14. The molecule has 7 rings (SSSR count). The van der Waals surface area contributed by atoms with Gasteiger partial charge < -0.3 is 15.4 Å². The summed E-state index contributed by atoms with van der Waals surface area (Å²) in [6.45, 7) is 6.50. The number of carbonyl (C=O) groups is 3. The Morgan fingerprint density at radius 2 is 1.69 bits per heavy atom. The highest BCUT2D eigenvalue weighted by atomic mass is 16.5. The van der Waals surface area contributed by atoms with E-state index < -0.39 is 16.9 Å². The molecule has 198 valence electrons. The van der Waals surface area contributed by atoms with Crippen LogP contribution in [0.25, 0.3) is 0 Å². The Morgan fingerprint density at radius 1 is 0.949 bits per heavy atom. The van der Waals surface area contributed by atoms with Gasteiger partial charge in [0.1, 0.15) is 16.7 Å². The normalized spacial score (nSPS) is 28.5. The van der Waals surface area contributed by atoms with Crippen LogP contribution in [-0.4, -0.2) is 41.2 Å². The van der Waals surface area contributed by atoms with Crippen molar-refractivity contribution >= 4 is 29.0 Å². The van der Waals surface area contributed by atoms with Gasteiger partial charge in [0.25, 0.3) is 0 Å². The number of anilines is 2. The highest BCUT2D eigenvalue weighted by Gasteiger charge is 2.78. The molecule has 3 aromatic carbocycles. The quantitative estimate of drug-likeness (QED) is 0.482. The van der Waals surface area contributed by atoms with Gasteiger partial charge in [0.05, 0.1) is 12.0 Å². The van der Waals surface area contributed by atoms with Crippen LogP contribution in [-0.2, 0) is 20.5 Å². The van der Waals surface area contributed by atoms with E-state index in [0.29, 0.717) is 23.5 Å². The number of hydrogen-bond acceptors (Lipinski definition) is 5. The standard InChI is InChI=1S/C32H31N3O4/c1-18(2)39-21-15-13-20(14-16-21)27(36)28-31(22-9-4-5-11-24(22)33-29(31)37)25-12-7-17-35(25)32(28)23-10-6-8-19(3)26(23)34-30(32)38/h4-6,8-11,13-16,18,25,28H,7,12,17H2,1-3H3,(H,33,37)(H,34,38)/t25-,28+,31+,32+/m1/s1. The second kappa shape index (κ2) is 8.26. The zero-order chi connectivity index (χ0) is 27.1. The fourth-order valence-corrected chi connectivity index (χ4v) is 7.86. The first-order chi connectivity index (χ1) is 18.8. The number of Topliss-reactive ketones (excluding diaryl/α,β-unsaturated/α-hetero) is 1. The van der Waals surface area contributed by atoms with Crippen LogP contribution in [0.15, 0.2) is 66.7 Å². The second-order valence-corrected chi connectivity index (χ2v) is 11.4. The minimum atomic E-state index is -1.30. The van der Waals surface area contributed by atoms with E-state index in [-0.39, 0.29) is 29.7 Å². The van der Waals surface area contributed by atoms with Crippen molar-refractivity contribution in [2.24, 2.45) is 5.92 Å². The van der Waals surface area contributed by atoms with E-state index in [1.54, 1.807) is 24.3 Å². The first-order valence-corrected chi connectivity index (χ1v) is 13.7. The van der Waals surface area contributed by atoms with Crippen molar-refractivity contribution in [2.75, 3.05) is 17.2 Å². The van der Waals surface area contributed by atoms with Crippen molar-refractivity contribution in [3.63, 3.8) is 0 Å². The van der Waals surface area contributed by atoms with Crippen LogP contribution in [0.1, 0.15) is 53.7 Å². The molecule has 4 atom stereocenters. The van der Waals surface area contributed by atoms with Gasteiger partial charge in [-0.3, -0.25) is 19.3 Å². The third kappa shape index (κ3) is 2.94. The summed E-state index contributed by atoms with van der Waals surface area (Å²) in [4.78, 5) is 45.8. The largest absolute Gasteiger partial charge is 0.491 e. The van der Waals surface area contributed by atoms with Crippen molar-refractivity contribution in [3.8, 4) is 5.75 Å². The molecule has 0 aromatic heterocycles. The molecule has 7 heteroatoms. The summed E-state index contributed by atoms with van der Waals surface area (Å²) >= 11 is 0. The van der Waals surface area contributed by atoms with Gasteiger partial charge in [0.15, 0.2) is 5.78 Å². The maximum Gasteiger partial charge on any atom is 0.250 e. The maximum absolute atomic E-state index is 14.9. The van der Waals surface area contributed by atoms with E-state index in [1.807, 2.05) is 63.2 Å². The van der Waals surface area contributed by atoms with Crippen molar-refractivity contribution in [3.05, 3.63) is 89.0 Å². The Balaban J connectivity index is 1.51. The number of ketones is 1. The SMILES string of the molecule is Cc1cccc2c1NC(=O)[C@@]21[C@@H](C(=O)c2ccc(OC(C)C)cc2)[C@@]2(C(=O)Nc3ccccc32)[C@H]2CCCN21. The fraction of sp³-hybridized carbons (Fsp3) is 0.344. The van der Waals surface area contributed by atoms with E-state index in [0.717, 1.165) is 35.2 Å². The van der Waals surface area contributed by atoms with Crippen molar-refractivity contribution in [2.45, 2.75) is 56.7 Å². The van der Waals surface area contributed by atoms with E-state index in [9.17, 15) is 14.4 Å². The van der Waals surface area contributed by atoms with Gasteiger partial charge in [0.2, 0.25) is 11.8 Å². The molecule has 2 spiro atoms. The van der Waals surface area contributed by atoms with Crippen LogP contribution in [0.3, 0.4) is 0 Å². The van der Waals surface area contributed by atoms with Crippen LogP contribution in [0.4, 0.5) is 11.4 Å². The van der Waals surface area contributed by atoms with Crippen LogP contribution in [0.2, 0.25) is 0 Å². The molecular weight excluding hydrogens is 490 g/mol. The van der Waals surface area contributed by atoms with E-state index in [2.05, 4.69) is 15.5 Å². The van der Waals surface area contributed by atoms with Gasteiger partial charge >= 0.3 is 0 Å². The molecule has 0 saturated carbocycles. The smallest absolute Gasteiger partial charge is 0.250 e. The summed E-state index contributed by atoms with van der Waals surface area (Å²) in [7, 11) is 0. The molecule has 0 unspecified atom stereocenters. The van der Waals surface area contributed by atoms with E-state index >= 15 is 0 Å². The van der Waals surface area contributed by atoms with Gasteiger partial charge in [-0.25, -0.2) is 0 Å². The summed E-state index contributed by atoms with van der Waals surface area (Å²) in [5, 5.41) is 6.24. The number of benzene rings is 3. The lowest BCUT2D eigenvalue weighted by Gasteiger charge is -2.38. The summed E-state index contributed by atoms with van der Waals surface area (Å²) in [6, 6.07) is 20.3. The van der Waals surface area contributed by atoms with Crippen LogP contribution < -0.4 is 15.4 Å². The maximum atomic E-state index is 14.9. The number of ether oxygens (including phenoxy) is 1. The first-order valence-electron chi connectivity index (χ1n) is 13.7. The molecule has 39 heavy (non-hydrogen) atoms. The lowest BCUT2D eigenvalue weighted by molar-refractivity contribution is -0.128. The Kier molecular flexibility index (Phi) is 5.11. The summed E-state index contributed by atoms with van der Waals surface area (Å²) < 4.78 is 5.81. The Bertz CT molecular complexity index is 1550. The van der Waals surface area contributed by atoms with Crippen LogP contribution in [0.5, 0.6) is 5.75 Å². The molecule has 7 nitrogen and oxygen atoms in total. The number of aryl methyl sites for hydroxylation is 1. The molecule has 2 amide bonds. The zero-order valence-corrected chi connectivity index (χ0v) is 22.3. The molecule has 3 aromatic rings. The minimum absolute atomic E-state index is 0.000657. The van der Waals surface area contributed by atoms with Crippen molar-refractivity contribution in [1.82, 2.24) is 4.90 Å². The average molecular weight is 522 g/mol. The van der Waals surface area contributed by atoms with Crippen LogP contribution >= 0.6 is 0 Å². The lowest BCUT2D eigenvalue weighted by Crippen LogP contribution is -2.55. The number of nitrogens with zero attached hydrogens (tertiary/aromatic N) is 1. The van der Waals surface area contributed by atoms with Gasteiger partial charge in [-0.15, -0.1) is 0 Å². The number of carbonyl (C=O) groups excluding carboxylic acids is 3. The number of rotatable bonds is 4. The van der Waals surface area contributed by atoms with Crippen LogP contribution in [0, 0.1) is 12.8 Å². The summed E-state index contributed by atoms with van der Waals surface area (Å²) in [5.41, 5.74) is 1.93. The topological polar surface area (TPSA) is 87.7 Å². The highest BCUT2D eigenvalue weighted by Crippen LogP contribution is 2.66. The third-order valence-electron chi connectivity index (χ3n) is 9.14.